The second-order valence-corrected chi connectivity index (χ2v) is 3.75. The van der Waals surface area contributed by atoms with E-state index in [9.17, 15) is 0 Å². The summed E-state index contributed by atoms with van der Waals surface area (Å²) in [5.41, 5.74) is 2.18. The van der Waals surface area contributed by atoms with Gasteiger partial charge in [0.05, 0.1) is 11.4 Å². The largest absolute Gasteiger partial charge is 0.155 e. The third-order valence-electron chi connectivity index (χ3n) is 2.54. The van der Waals surface area contributed by atoms with Crippen molar-refractivity contribution in [2.24, 2.45) is 10.2 Å². The molecule has 0 N–H and O–H groups in total. The Hall–Kier alpha value is -1.18. The fourth-order valence-corrected chi connectivity index (χ4v) is 1.71. The summed E-state index contributed by atoms with van der Waals surface area (Å²) in [5, 5.41) is 8.51. The van der Waals surface area contributed by atoms with Crippen LogP contribution in [0, 0.1) is 0 Å². The molecule has 14 heavy (non-hydrogen) atoms. The normalized spacial score (nSPS) is 22.3. The zero-order chi connectivity index (χ0) is 9.64. The van der Waals surface area contributed by atoms with Crippen LogP contribution in [0.25, 0.3) is 0 Å². The fourth-order valence-electron chi connectivity index (χ4n) is 1.71. The summed E-state index contributed by atoms with van der Waals surface area (Å²) in [4.78, 5) is 0. The molecule has 2 rings (SSSR count). The molecule has 0 aromatic carbocycles. The van der Waals surface area contributed by atoms with Crippen LogP contribution in [0.2, 0.25) is 0 Å². The van der Waals surface area contributed by atoms with Crippen LogP contribution in [-0.2, 0) is 0 Å². The molecular formula is C12H16N2. The lowest BCUT2D eigenvalue weighted by Crippen LogP contribution is -1.88. The second-order valence-electron chi connectivity index (χ2n) is 3.75. The van der Waals surface area contributed by atoms with Crippen LogP contribution in [0.4, 0.5) is 0 Å². The first-order chi connectivity index (χ1) is 6.95. The van der Waals surface area contributed by atoms with Crippen molar-refractivity contribution in [1.82, 2.24) is 0 Å². The molecule has 0 saturated heterocycles. The van der Waals surface area contributed by atoms with Crippen LogP contribution in [0.15, 0.2) is 45.9 Å². The molecule has 0 heterocycles. The molecular weight excluding hydrogens is 172 g/mol. The molecule has 2 nitrogen and oxygen atoms in total. The van der Waals surface area contributed by atoms with Gasteiger partial charge in [0, 0.05) is 0 Å². The van der Waals surface area contributed by atoms with Gasteiger partial charge in [0.1, 0.15) is 0 Å². The third-order valence-corrected chi connectivity index (χ3v) is 2.54. The van der Waals surface area contributed by atoms with Gasteiger partial charge in [0.25, 0.3) is 0 Å². The molecule has 2 aliphatic rings. The van der Waals surface area contributed by atoms with Gasteiger partial charge >= 0.3 is 0 Å². The highest BCUT2D eigenvalue weighted by atomic mass is 15.1. The van der Waals surface area contributed by atoms with Gasteiger partial charge in [-0.05, 0) is 44.6 Å². The average Bonchev–Trinajstić information content (AvgIpc) is 2.29. The van der Waals surface area contributed by atoms with Gasteiger partial charge in [-0.25, -0.2) is 0 Å². The van der Waals surface area contributed by atoms with E-state index in [0.29, 0.717) is 0 Å². The summed E-state index contributed by atoms with van der Waals surface area (Å²) < 4.78 is 0. The highest BCUT2D eigenvalue weighted by Crippen LogP contribution is 2.20. The highest BCUT2D eigenvalue weighted by molar-refractivity contribution is 5.20. The molecule has 0 amide bonds. The molecule has 0 saturated carbocycles. The molecule has 0 spiro atoms. The van der Waals surface area contributed by atoms with E-state index in [1.807, 2.05) is 0 Å². The maximum absolute atomic E-state index is 4.27. The minimum Gasteiger partial charge on any atom is -0.155 e. The Labute approximate surface area is 85.1 Å². The van der Waals surface area contributed by atoms with Crippen LogP contribution in [0.1, 0.15) is 38.5 Å². The predicted molar refractivity (Wildman–Crippen MR) is 57.9 cm³/mol. The minimum atomic E-state index is 1.02. The van der Waals surface area contributed by atoms with Gasteiger partial charge < -0.3 is 0 Å². The number of hydrogen-bond donors (Lipinski definition) is 0. The summed E-state index contributed by atoms with van der Waals surface area (Å²) in [7, 11) is 0. The Morgan fingerprint density at radius 1 is 0.929 bits per heavy atom. The van der Waals surface area contributed by atoms with Gasteiger partial charge in [0.2, 0.25) is 0 Å². The number of rotatable bonds is 2. The molecule has 0 aliphatic heterocycles. The molecule has 2 heteroatoms. The number of hydrogen-bond acceptors (Lipinski definition) is 2. The molecule has 0 unspecified atom stereocenters. The third kappa shape index (κ3) is 2.66. The van der Waals surface area contributed by atoms with E-state index in [0.717, 1.165) is 30.7 Å². The smallest absolute Gasteiger partial charge is 0.0814 e. The van der Waals surface area contributed by atoms with Crippen LogP contribution in [0.3, 0.4) is 0 Å². The zero-order valence-electron chi connectivity index (χ0n) is 8.45. The van der Waals surface area contributed by atoms with Gasteiger partial charge in [-0.3, -0.25) is 0 Å². The second kappa shape index (κ2) is 4.89. The van der Waals surface area contributed by atoms with E-state index in [-0.39, 0.29) is 0 Å². The number of allylic oxidation sites excluding steroid dienone is 5. The van der Waals surface area contributed by atoms with Crippen LogP contribution < -0.4 is 0 Å². The minimum absolute atomic E-state index is 1.02. The molecule has 2 aliphatic carbocycles. The summed E-state index contributed by atoms with van der Waals surface area (Å²) in [6, 6.07) is 0. The van der Waals surface area contributed by atoms with Crippen molar-refractivity contribution in [3.8, 4) is 0 Å². The van der Waals surface area contributed by atoms with Gasteiger partial charge in [-0.15, -0.1) is 0 Å². The SMILES string of the molecule is C1=CC(N=NC2=CCCCC2)=CCC1. The van der Waals surface area contributed by atoms with Gasteiger partial charge in [0.15, 0.2) is 0 Å². The summed E-state index contributed by atoms with van der Waals surface area (Å²) in [6.07, 6.45) is 15.6. The molecule has 0 fully saturated rings. The molecule has 0 radical (unpaired) electrons. The van der Waals surface area contributed by atoms with Crippen molar-refractivity contribution in [2.45, 2.75) is 38.5 Å². The Morgan fingerprint density at radius 2 is 1.93 bits per heavy atom. The zero-order valence-corrected chi connectivity index (χ0v) is 8.45. The summed E-state index contributed by atoms with van der Waals surface area (Å²) in [6.45, 7) is 0. The van der Waals surface area contributed by atoms with Crippen molar-refractivity contribution in [3.63, 3.8) is 0 Å². The van der Waals surface area contributed by atoms with Crippen molar-refractivity contribution >= 4 is 0 Å². The van der Waals surface area contributed by atoms with Crippen molar-refractivity contribution in [2.75, 3.05) is 0 Å². The highest BCUT2D eigenvalue weighted by Gasteiger charge is 2.02. The predicted octanol–water partition coefficient (Wildman–Crippen LogP) is 4.13. The Bertz CT molecular complexity index is 308. The lowest BCUT2D eigenvalue weighted by Gasteiger charge is -2.06. The van der Waals surface area contributed by atoms with Crippen molar-refractivity contribution < 1.29 is 0 Å². The maximum atomic E-state index is 4.27. The molecule has 0 atom stereocenters. The van der Waals surface area contributed by atoms with Crippen LogP contribution in [-0.4, -0.2) is 0 Å². The Balaban J connectivity index is 1.95. The number of azo groups is 1. The first kappa shape index (κ1) is 9.38. The van der Waals surface area contributed by atoms with E-state index >= 15 is 0 Å². The van der Waals surface area contributed by atoms with Crippen LogP contribution >= 0.6 is 0 Å². The van der Waals surface area contributed by atoms with Crippen molar-refractivity contribution in [1.29, 1.82) is 0 Å². The van der Waals surface area contributed by atoms with E-state index in [2.05, 4.69) is 34.5 Å². The molecule has 0 aromatic heterocycles. The lowest BCUT2D eigenvalue weighted by atomic mass is 10.1. The van der Waals surface area contributed by atoms with Crippen LogP contribution in [0.5, 0.6) is 0 Å². The molecule has 0 aromatic rings. The summed E-state index contributed by atoms with van der Waals surface area (Å²) in [5.74, 6) is 0. The standard InChI is InChI=1S/C12H16N2/c1-3-7-11(8-4-1)13-14-12-9-5-2-6-10-12/h3,7-9H,1-2,4-6,10H2. The van der Waals surface area contributed by atoms with E-state index < -0.39 is 0 Å². The van der Waals surface area contributed by atoms with E-state index in [1.54, 1.807) is 0 Å². The Kier molecular flexibility index (Phi) is 3.28. The van der Waals surface area contributed by atoms with Gasteiger partial charge in [-0.1, -0.05) is 18.2 Å². The maximum Gasteiger partial charge on any atom is 0.0814 e. The first-order valence-corrected chi connectivity index (χ1v) is 5.42. The monoisotopic (exact) mass is 188 g/mol. The fraction of sp³-hybridized carbons (Fsp3) is 0.500. The molecule has 0 bridgehead atoms. The van der Waals surface area contributed by atoms with E-state index in [1.165, 1.54) is 19.3 Å². The molecule has 74 valence electrons. The first-order valence-electron chi connectivity index (χ1n) is 5.42. The lowest BCUT2D eigenvalue weighted by molar-refractivity contribution is 0.688. The summed E-state index contributed by atoms with van der Waals surface area (Å²) >= 11 is 0. The number of nitrogens with zero attached hydrogens (tertiary/aromatic N) is 2. The van der Waals surface area contributed by atoms with Crippen molar-refractivity contribution in [3.05, 3.63) is 35.7 Å². The van der Waals surface area contributed by atoms with Gasteiger partial charge in [-0.2, -0.15) is 10.2 Å². The Morgan fingerprint density at radius 3 is 2.64 bits per heavy atom. The topological polar surface area (TPSA) is 24.7 Å². The average molecular weight is 188 g/mol. The van der Waals surface area contributed by atoms with E-state index in [4.69, 9.17) is 0 Å². The quantitative estimate of drug-likeness (QED) is 0.582.